The van der Waals surface area contributed by atoms with Gasteiger partial charge in [0.2, 0.25) is 0 Å². The molecule has 0 fully saturated rings. The van der Waals surface area contributed by atoms with E-state index in [1.165, 1.54) is 0 Å². The van der Waals surface area contributed by atoms with Crippen molar-refractivity contribution in [3.63, 3.8) is 0 Å². The first kappa shape index (κ1) is 9.49. The molecular weight excluding hydrogens is 200 g/mol. The van der Waals surface area contributed by atoms with Gasteiger partial charge in [-0.15, -0.1) is 0 Å². The van der Waals surface area contributed by atoms with Gasteiger partial charge in [0.15, 0.2) is 0 Å². The predicted octanol–water partition coefficient (Wildman–Crippen LogP) is 2.07. The first-order valence-electron chi connectivity index (χ1n) is 4.53. The molecule has 74 valence electrons. The van der Waals surface area contributed by atoms with E-state index in [-0.39, 0.29) is 6.61 Å². The molecule has 0 radical (unpaired) electrons. The zero-order chi connectivity index (χ0) is 9.97. The molecule has 0 aliphatic carbocycles. The number of aliphatic hydroxyl groups is 1. The third-order valence-electron chi connectivity index (χ3n) is 2.14. The van der Waals surface area contributed by atoms with Crippen molar-refractivity contribution >= 4 is 22.6 Å². The zero-order valence-electron chi connectivity index (χ0n) is 7.65. The van der Waals surface area contributed by atoms with E-state index in [0.29, 0.717) is 18.1 Å². The van der Waals surface area contributed by atoms with Gasteiger partial charge in [0.25, 0.3) is 0 Å². The second kappa shape index (κ2) is 3.98. The van der Waals surface area contributed by atoms with Crippen molar-refractivity contribution in [2.45, 2.75) is 13.0 Å². The number of hydrogen-bond donors (Lipinski definition) is 1. The van der Waals surface area contributed by atoms with Crippen LogP contribution < -0.4 is 0 Å². The summed E-state index contributed by atoms with van der Waals surface area (Å²) in [5, 5.41) is 10.5. The number of nitrogens with zero attached hydrogens (tertiary/aromatic N) is 2. The number of rotatable bonds is 3. The lowest BCUT2D eigenvalue weighted by molar-refractivity contribution is 0.280. The van der Waals surface area contributed by atoms with Crippen LogP contribution in [0, 0.1) is 0 Å². The summed E-state index contributed by atoms with van der Waals surface area (Å²) in [5.74, 6) is 0. The average Bonchev–Trinajstić information content (AvgIpc) is 2.51. The lowest BCUT2D eigenvalue weighted by Crippen LogP contribution is -2.00. The Morgan fingerprint density at radius 2 is 2.36 bits per heavy atom. The summed E-state index contributed by atoms with van der Waals surface area (Å²) in [4.78, 5) is 4.25. The van der Waals surface area contributed by atoms with Gasteiger partial charge in [0, 0.05) is 24.7 Å². The van der Waals surface area contributed by atoms with E-state index in [4.69, 9.17) is 16.7 Å². The molecule has 2 rings (SSSR count). The maximum Gasteiger partial charge on any atom is 0.141 e. The molecule has 0 aliphatic heterocycles. The van der Waals surface area contributed by atoms with Crippen molar-refractivity contribution in [3.05, 3.63) is 29.5 Å². The van der Waals surface area contributed by atoms with Crippen LogP contribution in [-0.4, -0.2) is 21.3 Å². The van der Waals surface area contributed by atoms with Gasteiger partial charge in [-0.25, -0.2) is 4.98 Å². The standard InChI is InChI=1S/C10H11ClN2O/c11-9-7-8-3-1-4-12-10(8)13(9)5-2-6-14/h1,3-4,7,14H,2,5-6H2. The van der Waals surface area contributed by atoms with E-state index in [0.717, 1.165) is 11.0 Å². The number of aliphatic hydroxyl groups excluding tert-OH is 1. The number of halogens is 1. The van der Waals surface area contributed by atoms with Gasteiger partial charge in [-0.05, 0) is 24.6 Å². The smallest absolute Gasteiger partial charge is 0.141 e. The second-order valence-electron chi connectivity index (χ2n) is 3.11. The van der Waals surface area contributed by atoms with Crippen molar-refractivity contribution in [2.24, 2.45) is 0 Å². The number of hydrogen-bond acceptors (Lipinski definition) is 2. The molecule has 2 aromatic heterocycles. The summed E-state index contributed by atoms with van der Waals surface area (Å²) in [6.07, 6.45) is 2.44. The van der Waals surface area contributed by atoms with Crippen LogP contribution in [0.2, 0.25) is 5.15 Å². The molecule has 2 heterocycles. The molecular formula is C10H11ClN2O. The Morgan fingerprint density at radius 3 is 3.14 bits per heavy atom. The minimum Gasteiger partial charge on any atom is -0.396 e. The van der Waals surface area contributed by atoms with Crippen molar-refractivity contribution in [3.8, 4) is 0 Å². The first-order valence-corrected chi connectivity index (χ1v) is 4.91. The van der Waals surface area contributed by atoms with E-state index in [1.54, 1.807) is 6.20 Å². The topological polar surface area (TPSA) is 38.0 Å². The van der Waals surface area contributed by atoms with Crippen LogP contribution in [0.5, 0.6) is 0 Å². The molecule has 3 nitrogen and oxygen atoms in total. The van der Waals surface area contributed by atoms with Crippen LogP contribution in [0.1, 0.15) is 6.42 Å². The fourth-order valence-corrected chi connectivity index (χ4v) is 1.78. The Kier molecular flexibility index (Phi) is 2.70. The largest absolute Gasteiger partial charge is 0.396 e. The Bertz CT molecular complexity index is 439. The molecule has 4 heteroatoms. The highest BCUT2D eigenvalue weighted by molar-refractivity contribution is 6.30. The SMILES string of the molecule is OCCCn1c(Cl)cc2cccnc21. The fourth-order valence-electron chi connectivity index (χ4n) is 1.50. The summed E-state index contributed by atoms with van der Waals surface area (Å²) in [7, 11) is 0. The van der Waals surface area contributed by atoms with E-state index in [1.807, 2.05) is 22.8 Å². The third kappa shape index (κ3) is 1.61. The number of aryl methyl sites for hydroxylation is 1. The Labute approximate surface area is 86.9 Å². The zero-order valence-corrected chi connectivity index (χ0v) is 8.41. The monoisotopic (exact) mass is 210 g/mol. The van der Waals surface area contributed by atoms with Crippen molar-refractivity contribution in [1.29, 1.82) is 0 Å². The van der Waals surface area contributed by atoms with Crippen LogP contribution in [0.15, 0.2) is 24.4 Å². The predicted molar refractivity (Wildman–Crippen MR) is 56.4 cm³/mol. The van der Waals surface area contributed by atoms with E-state index in [9.17, 15) is 0 Å². The summed E-state index contributed by atoms with van der Waals surface area (Å²) in [5.41, 5.74) is 0.881. The maximum atomic E-state index is 8.75. The van der Waals surface area contributed by atoms with Crippen molar-refractivity contribution < 1.29 is 5.11 Å². The molecule has 1 N–H and O–H groups in total. The van der Waals surface area contributed by atoms with Crippen molar-refractivity contribution in [1.82, 2.24) is 9.55 Å². The van der Waals surface area contributed by atoms with Gasteiger partial charge in [0.1, 0.15) is 10.8 Å². The van der Waals surface area contributed by atoms with Crippen molar-refractivity contribution in [2.75, 3.05) is 6.61 Å². The molecule has 0 saturated carbocycles. The maximum absolute atomic E-state index is 8.75. The summed E-state index contributed by atoms with van der Waals surface area (Å²) >= 11 is 6.04. The molecule has 0 atom stereocenters. The Balaban J connectivity index is 2.45. The average molecular weight is 211 g/mol. The molecule has 0 saturated heterocycles. The van der Waals surface area contributed by atoms with E-state index < -0.39 is 0 Å². The van der Waals surface area contributed by atoms with Gasteiger partial charge in [-0.1, -0.05) is 11.6 Å². The molecule has 0 bridgehead atoms. The van der Waals surface area contributed by atoms with Crippen LogP contribution in [0.25, 0.3) is 11.0 Å². The van der Waals surface area contributed by atoms with E-state index in [2.05, 4.69) is 4.98 Å². The summed E-state index contributed by atoms with van der Waals surface area (Å²) in [6, 6.07) is 5.75. The molecule has 0 amide bonds. The molecule has 0 aliphatic rings. The number of fused-ring (bicyclic) bond motifs is 1. The second-order valence-corrected chi connectivity index (χ2v) is 3.50. The van der Waals surface area contributed by atoms with Gasteiger partial charge in [-0.2, -0.15) is 0 Å². The summed E-state index contributed by atoms with van der Waals surface area (Å²) in [6.45, 7) is 0.874. The highest BCUT2D eigenvalue weighted by atomic mass is 35.5. The summed E-state index contributed by atoms with van der Waals surface area (Å²) < 4.78 is 1.91. The fraction of sp³-hybridized carbons (Fsp3) is 0.300. The van der Waals surface area contributed by atoms with Gasteiger partial charge in [0.05, 0.1) is 0 Å². The van der Waals surface area contributed by atoms with Crippen LogP contribution in [0.4, 0.5) is 0 Å². The number of aromatic nitrogens is 2. The normalized spacial score (nSPS) is 11.0. The van der Waals surface area contributed by atoms with Crippen LogP contribution in [-0.2, 0) is 6.54 Å². The van der Waals surface area contributed by atoms with Crippen LogP contribution >= 0.6 is 11.6 Å². The highest BCUT2D eigenvalue weighted by Crippen LogP contribution is 2.21. The van der Waals surface area contributed by atoms with Gasteiger partial charge >= 0.3 is 0 Å². The first-order chi connectivity index (χ1) is 6.83. The van der Waals surface area contributed by atoms with Gasteiger partial charge < -0.3 is 9.67 Å². The molecule has 0 aromatic carbocycles. The molecule has 14 heavy (non-hydrogen) atoms. The third-order valence-corrected chi connectivity index (χ3v) is 2.46. The Hall–Kier alpha value is -1.06. The molecule has 0 spiro atoms. The number of pyridine rings is 1. The molecule has 2 aromatic rings. The lowest BCUT2D eigenvalue weighted by Gasteiger charge is -2.03. The minimum atomic E-state index is 0.169. The quantitative estimate of drug-likeness (QED) is 0.843. The van der Waals surface area contributed by atoms with Gasteiger partial charge in [-0.3, -0.25) is 0 Å². The Morgan fingerprint density at radius 1 is 1.50 bits per heavy atom. The minimum absolute atomic E-state index is 0.169. The molecule has 0 unspecified atom stereocenters. The van der Waals surface area contributed by atoms with Crippen LogP contribution in [0.3, 0.4) is 0 Å². The van der Waals surface area contributed by atoms with E-state index >= 15 is 0 Å². The highest BCUT2D eigenvalue weighted by Gasteiger charge is 2.06. The lowest BCUT2D eigenvalue weighted by atomic mass is 10.3.